The van der Waals surface area contributed by atoms with Gasteiger partial charge in [-0.05, 0) is 54.9 Å². The SMILES string of the molecule is Cc1ccc(C)c(OCCn2cc(/C=C3\C(=N)N4N=C(C(C)C)SC4=NC3=O)c3ccccc32)c1. The molecule has 178 valence electrons. The summed E-state index contributed by atoms with van der Waals surface area (Å²) in [6.07, 6.45) is 3.76. The molecule has 35 heavy (non-hydrogen) atoms. The van der Waals surface area contributed by atoms with Crippen molar-refractivity contribution >= 4 is 50.7 Å². The second-order valence-corrected chi connectivity index (χ2v) is 10.0. The van der Waals surface area contributed by atoms with Gasteiger partial charge in [0.15, 0.2) is 5.84 Å². The summed E-state index contributed by atoms with van der Waals surface area (Å²) in [5.41, 5.74) is 4.41. The zero-order valence-electron chi connectivity index (χ0n) is 20.2. The van der Waals surface area contributed by atoms with Gasteiger partial charge in [0, 0.05) is 28.6 Å². The average Bonchev–Trinajstić information content (AvgIpc) is 3.41. The topological polar surface area (TPSA) is 83.0 Å². The molecule has 1 amide bonds. The number of para-hydroxylation sites is 1. The molecule has 3 aromatic rings. The van der Waals surface area contributed by atoms with E-state index in [4.69, 9.17) is 10.1 Å². The third-order valence-corrected chi connectivity index (χ3v) is 7.23. The van der Waals surface area contributed by atoms with Gasteiger partial charge in [0.25, 0.3) is 5.91 Å². The van der Waals surface area contributed by atoms with Gasteiger partial charge >= 0.3 is 0 Å². The molecule has 1 aromatic heterocycles. The van der Waals surface area contributed by atoms with Crippen molar-refractivity contribution in [1.82, 2.24) is 9.58 Å². The Bertz CT molecular complexity index is 1450. The Kier molecular flexibility index (Phi) is 6.06. The molecule has 0 bridgehead atoms. The minimum atomic E-state index is -0.413. The summed E-state index contributed by atoms with van der Waals surface area (Å²) < 4.78 is 8.20. The molecule has 5 rings (SSSR count). The molecule has 8 heteroatoms. The highest BCUT2D eigenvalue weighted by atomic mass is 32.2. The Hall–Kier alpha value is -3.65. The maximum absolute atomic E-state index is 12.8. The zero-order valence-corrected chi connectivity index (χ0v) is 21.0. The number of amidine groups is 2. The van der Waals surface area contributed by atoms with Gasteiger partial charge in [0.1, 0.15) is 17.4 Å². The summed E-state index contributed by atoms with van der Waals surface area (Å²) in [7, 11) is 0. The highest BCUT2D eigenvalue weighted by molar-refractivity contribution is 8.27. The van der Waals surface area contributed by atoms with E-state index in [1.54, 1.807) is 6.08 Å². The second kappa shape index (κ2) is 9.19. The number of carbonyl (C=O) groups excluding carboxylic acids is 1. The Labute approximate surface area is 208 Å². The third kappa shape index (κ3) is 4.41. The summed E-state index contributed by atoms with van der Waals surface area (Å²) in [6.45, 7) is 9.33. The van der Waals surface area contributed by atoms with E-state index in [1.165, 1.54) is 16.8 Å². The summed E-state index contributed by atoms with van der Waals surface area (Å²) in [6, 6.07) is 14.2. The lowest BCUT2D eigenvalue weighted by Gasteiger charge is -2.20. The lowest BCUT2D eigenvalue weighted by Crippen LogP contribution is -2.35. The van der Waals surface area contributed by atoms with Gasteiger partial charge in [-0.2, -0.15) is 15.1 Å². The smallest absolute Gasteiger partial charge is 0.283 e. The molecule has 0 saturated carbocycles. The normalized spacial score (nSPS) is 16.8. The predicted octanol–water partition coefficient (Wildman–Crippen LogP) is 5.61. The first-order chi connectivity index (χ1) is 16.8. The van der Waals surface area contributed by atoms with Crippen LogP contribution in [-0.4, -0.2) is 38.1 Å². The van der Waals surface area contributed by atoms with E-state index >= 15 is 0 Å². The fourth-order valence-electron chi connectivity index (χ4n) is 4.09. The van der Waals surface area contributed by atoms with Crippen LogP contribution in [0.4, 0.5) is 0 Å². The van der Waals surface area contributed by atoms with Gasteiger partial charge in [-0.15, -0.1) is 0 Å². The van der Waals surface area contributed by atoms with E-state index in [0.717, 1.165) is 38.4 Å². The highest BCUT2D eigenvalue weighted by Gasteiger charge is 2.36. The van der Waals surface area contributed by atoms with Gasteiger partial charge in [-0.1, -0.05) is 44.2 Å². The molecule has 0 fully saturated rings. The molecule has 3 heterocycles. The maximum Gasteiger partial charge on any atom is 0.283 e. The monoisotopic (exact) mass is 485 g/mol. The van der Waals surface area contributed by atoms with Crippen molar-refractivity contribution < 1.29 is 9.53 Å². The molecule has 0 unspecified atom stereocenters. The number of carbonyl (C=O) groups is 1. The fourth-order valence-corrected chi connectivity index (χ4v) is 4.98. The number of thioether (sulfide) groups is 1. The summed E-state index contributed by atoms with van der Waals surface area (Å²) in [5.74, 6) is 0.734. The number of fused-ring (bicyclic) bond motifs is 2. The van der Waals surface area contributed by atoms with Crippen LogP contribution in [0.25, 0.3) is 17.0 Å². The maximum atomic E-state index is 12.8. The minimum Gasteiger partial charge on any atom is -0.491 e. The van der Waals surface area contributed by atoms with Crippen LogP contribution in [-0.2, 0) is 11.3 Å². The van der Waals surface area contributed by atoms with Crippen molar-refractivity contribution in [2.45, 2.75) is 34.2 Å². The summed E-state index contributed by atoms with van der Waals surface area (Å²) in [4.78, 5) is 17.1. The van der Waals surface area contributed by atoms with Crippen LogP contribution >= 0.6 is 11.8 Å². The van der Waals surface area contributed by atoms with E-state index in [-0.39, 0.29) is 17.3 Å². The van der Waals surface area contributed by atoms with E-state index in [1.807, 2.05) is 45.2 Å². The third-order valence-electron chi connectivity index (χ3n) is 6.02. The largest absolute Gasteiger partial charge is 0.491 e. The van der Waals surface area contributed by atoms with Gasteiger partial charge in [0.2, 0.25) is 5.17 Å². The lowest BCUT2D eigenvalue weighted by molar-refractivity contribution is -0.114. The fraction of sp³-hybridized carbons (Fsp3) is 0.259. The van der Waals surface area contributed by atoms with E-state index in [0.29, 0.717) is 18.3 Å². The van der Waals surface area contributed by atoms with Crippen molar-refractivity contribution in [3.05, 3.63) is 70.9 Å². The number of benzene rings is 2. The van der Waals surface area contributed by atoms with Crippen LogP contribution in [0.1, 0.15) is 30.5 Å². The van der Waals surface area contributed by atoms with Crippen LogP contribution in [0.2, 0.25) is 0 Å². The van der Waals surface area contributed by atoms with Crippen LogP contribution in [0.15, 0.2) is 64.3 Å². The second-order valence-electron chi connectivity index (χ2n) is 9.03. The van der Waals surface area contributed by atoms with Crippen LogP contribution in [0.3, 0.4) is 0 Å². The molecule has 0 spiro atoms. The number of nitrogens with zero attached hydrogens (tertiary/aromatic N) is 4. The molecule has 2 aliphatic rings. The van der Waals surface area contributed by atoms with Crippen molar-refractivity contribution in [2.75, 3.05) is 6.61 Å². The van der Waals surface area contributed by atoms with E-state index < -0.39 is 5.91 Å². The lowest BCUT2D eigenvalue weighted by atomic mass is 10.1. The van der Waals surface area contributed by atoms with Crippen LogP contribution < -0.4 is 4.74 Å². The molecule has 0 radical (unpaired) electrons. The van der Waals surface area contributed by atoms with Gasteiger partial charge in [-0.3, -0.25) is 10.2 Å². The number of nitrogens with one attached hydrogen (secondary N) is 1. The molecule has 7 nitrogen and oxygen atoms in total. The number of ether oxygens (including phenoxy) is 1. The standard InChI is InChI=1S/C27H27N5O2S/c1-16(2)26-30-32-24(28)21(25(33)29-27(32)35-26)14-19-15-31(22-8-6-5-7-20(19)22)11-12-34-23-13-17(3)9-10-18(23)4/h5-10,13-16,28H,11-12H2,1-4H3/b21-14+,28-24?. The number of hydrogen-bond acceptors (Lipinski definition) is 5. The Morgan fingerprint density at radius 1 is 1.17 bits per heavy atom. The number of aromatic nitrogens is 1. The van der Waals surface area contributed by atoms with Gasteiger partial charge in [-0.25, -0.2) is 0 Å². The number of hydrogen-bond donors (Lipinski definition) is 1. The van der Waals surface area contributed by atoms with Crippen molar-refractivity contribution in [2.24, 2.45) is 16.0 Å². The number of hydrazone groups is 1. The van der Waals surface area contributed by atoms with Gasteiger partial charge in [0.05, 0.1) is 12.1 Å². The summed E-state index contributed by atoms with van der Waals surface area (Å²) >= 11 is 1.35. The molecular weight excluding hydrogens is 458 g/mol. The quantitative estimate of drug-likeness (QED) is 0.460. The Morgan fingerprint density at radius 3 is 2.77 bits per heavy atom. The Morgan fingerprint density at radius 2 is 1.97 bits per heavy atom. The first-order valence-corrected chi connectivity index (χ1v) is 12.4. The number of rotatable bonds is 6. The van der Waals surface area contributed by atoms with Crippen molar-refractivity contribution in [3.63, 3.8) is 0 Å². The van der Waals surface area contributed by atoms with Crippen LogP contribution in [0, 0.1) is 25.2 Å². The number of aryl methyl sites for hydroxylation is 2. The number of aliphatic imine (C=N–C) groups is 1. The molecule has 2 aromatic carbocycles. The van der Waals surface area contributed by atoms with E-state index in [2.05, 4.69) is 45.9 Å². The first kappa shape index (κ1) is 23.1. The first-order valence-electron chi connectivity index (χ1n) is 11.6. The van der Waals surface area contributed by atoms with Crippen LogP contribution in [0.5, 0.6) is 5.75 Å². The van der Waals surface area contributed by atoms with Gasteiger partial charge < -0.3 is 9.30 Å². The molecule has 2 aliphatic heterocycles. The van der Waals surface area contributed by atoms with Crippen molar-refractivity contribution in [1.29, 1.82) is 5.41 Å². The summed E-state index contributed by atoms with van der Waals surface area (Å²) in [5, 5.41) is 16.9. The van der Waals surface area contributed by atoms with E-state index in [9.17, 15) is 4.79 Å². The number of amides is 1. The molecular formula is C27H27N5O2S. The molecule has 0 saturated heterocycles. The van der Waals surface area contributed by atoms with Crippen molar-refractivity contribution in [3.8, 4) is 5.75 Å². The Balaban J connectivity index is 1.43. The molecule has 1 N–H and O–H groups in total. The average molecular weight is 486 g/mol. The molecule has 0 aliphatic carbocycles. The predicted molar refractivity (Wildman–Crippen MR) is 143 cm³/mol. The highest BCUT2D eigenvalue weighted by Crippen LogP contribution is 2.32. The molecule has 0 atom stereocenters. The zero-order chi connectivity index (χ0) is 24.7. The minimum absolute atomic E-state index is 0.0539.